The Kier molecular flexibility index (Phi) is 4.69. The number of rotatable bonds is 3. The summed E-state index contributed by atoms with van der Waals surface area (Å²) in [6.07, 6.45) is 6.26. The molecule has 1 aromatic carbocycles. The van der Waals surface area contributed by atoms with Crippen molar-refractivity contribution in [2.75, 3.05) is 6.61 Å². The van der Waals surface area contributed by atoms with Crippen LogP contribution in [0.3, 0.4) is 0 Å². The van der Waals surface area contributed by atoms with Crippen LogP contribution in [0, 0.1) is 0 Å². The first-order valence-corrected chi connectivity index (χ1v) is 10.2. The first-order valence-electron chi connectivity index (χ1n) is 9.39. The molecule has 4 rings (SSSR count). The molecule has 26 heavy (non-hydrogen) atoms. The lowest BCUT2D eigenvalue weighted by Crippen LogP contribution is -2.59. The number of hydrogen-bond donors (Lipinski definition) is 1. The van der Waals surface area contributed by atoms with Crippen LogP contribution in [0.25, 0.3) is 10.9 Å². The van der Waals surface area contributed by atoms with Gasteiger partial charge in [-0.1, -0.05) is 11.8 Å². The summed E-state index contributed by atoms with van der Waals surface area (Å²) < 4.78 is 5.40. The minimum Gasteiger partial charge on any atom is -0.450 e. The number of H-pyrrole nitrogens is 1. The summed E-state index contributed by atoms with van der Waals surface area (Å²) in [4.78, 5) is 30.0. The average molecular weight is 372 g/mol. The molecule has 1 N–H and O–H groups in total. The molecule has 5 nitrogen and oxygen atoms in total. The number of benzene rings is 1. The molecule has 1 aromatic heterocycles. The lowest BCUT2D eigenvalue weighted by Gasteiger charge is -2.53. The van der Waals surface area contributed by atoms with Gasteiger partial charge >= 0.3 is 6.09 Å². The van der Waals surface area contributed by atoms with Gasteiger partial charge in [-0.2, -0.15) is 0 Å². The van der Waals surface area contributed by atoms with Gasteiger partial charge in [0.1, 0.15) is 0 Å². The normalized spacial score (nSPS) is 25.3. The number of nitrogens with zero attached hydrogens (tertiary/aromatic N) is 1. The highest BCUT2D eigenvalue weighted by molar-refractivity contribution is 8.00. The minimum absolute atomic E-state index is 0.0904. The number of aromatic nitrogens is 1. The third-order valence-corrected chi connectivity index (χ3v) is 6.96. The number of amides is 1. The number of piperidine rings is 2. The lowest BCUT2D eigenvalue weighted by atomic mass is 9.84. The van der Waals surface area contributed by atoms with Crippen LogP contribution in [0.2, 0.25) is 0 Å². The quantitative estimate of drug-likeness (QED) is 0.861. The standard InChI is InChI=1S/C20H24N2O3S/c1-2-25-19(24)22-15-5-3-11-20(22,12-4-6-15)26-16-8-9-17-14(13-16)7-10-18(23)21-17/h7-10,13,15H,2-6,11-12H2,1H3,(H,21,23). The van der Waals surface area contributed by atoms with E-state index in [1.165, 1.54) is 0 Å². The van der Waals surface area contributed by atoms with Crippen molar-refractivity contribution in [1.29, 1.82) is 0 Å². The third-order valence-electron chi connectivity index (χ3n) is 5.48. The van der Waals surface area contributed by atoms with Gasteiger partial charge in [0.2, 0.25) is 5.56 Å². The van der Waals surface area contributed by atoms with Crippen molar-refractivity contribution in [1.82, 2.24) is 9.88 Å². The Morgan fingerprint density at radius 2 is 2.04 bits per heavy atom. The van der Waals surface area contributed by atoms with Crippen LogP contribution >= 0.6 is 11.8 Å². The maximum Gasteiger partial charge on any atom is 0.411 e. The van der Waals surface area contributed by atoms with E-state index in [-0.39, 0.29) is 16.5 Å². The van der Waals surface area contributed by atoms with Gasteiger partial charge in [0.15, 0.2) is 0 Å². The predicted octanol–water partition coefficient (Wildman–Crippen LogP) is 4.51. The number of carbonyl (C=O) groups is 1. The Balaban J connectivity index is 1.68. The molecule has 0 atom stereocenters. The van der Waals surface area contributed by atoms with Gasteiger partial charge in [-0.25, -0.2) is 4.79 Å². The number of fused-ring (bicyclic) bond motifs is 3. The van der Waals surface area contributed by atoms with Crippen LogP contribution in [-0.4, -0.2) is 33.5 Å². The number of aromatic amines is 1. The SMILES string of the molecule is CCOC(=O)N1C2CCCC1(Sc1ccc3[nH]c(=O)ccc3c1)CCC2. The highest BCUT2D eigenvalue weighted by Crippen LogP contribution is 2.51. The predicted molar refractivity (Wildman–Crippen MR) is 104 cm³/mol. The smallest absolute Gasteiger partial charge is 0.411 e. The Bertz CT molecular complexity index is 869. The molecule has 1 amide bonds. The van der Waals surface area contributed by atoms with Gasteiger partial charge in [0.05, 0.1) is 11.5 Å². The Morgan fingerprint density at radius 3 is 2.77 bits per heavy atom. The maximum atomic E-state index is 12.7. The zero-order chi connectivity index (χ0) is 18.1. The molecule has 2 fully saturated rings. The second-order valence-electron chi connectivity index (χ2n) is 7.13. The van der Waals surface area contributed by atoms with Gasteiger partial charge in [-0.05, 0) is 75.1 Å². The first kappa shape index (κ1) is 17.5. The molecule has 3 heterocycles. The van der Waals surface area contributed by atoms with Gasteiger partial charge in [0.25, 0.3) is 0 Å². The van der Waals surface area contributed by atoms with E-state index in [0.29, 0.717) is 12.6 Å². The molecular formula is C20H24N2O3S. The monoisotopic (exact) mass is 372 g/mol. The van der Waals surface area contributed by atoms with Crippen molar-refractivity contribution < 1.29 is 9.53 Å². The van der Waals surface area contributed by atoms with Crippen LogP contribution in [0.5, 0.6) is 0 Å². The van der Waals surface area contributed by atoms with E-state index >= 15 is 0 Å². The maximum absolute atomic E-state index is 12.7. The van der Waals surface area contributed by atoms with Crippen molar-refractivity contribution in [3.63, 3.8) is 0 Å². The van der Waals surface area contributed by atoms with Crippen molar-refractivity contribution in [3.8, 4) is 0 Å². The second kappa shape index (κ2) is 6.99. The molecule has 2 saturated heterocycles. The molecular weight excluding hydrogens is 348 g/mol. The Morgan fingerprint density at radius 1 is 1.27 bits per heavy atom. The van der Waals surface area contributed by atoms with Crippen LogP contribution in [0.15, 0.2) is 40.0 Å². The van der Waals surface area contributed by atoms with E-state index in [0.717, 1.165) is 54.3 Å². The zero-order valence-corrected chi connectivity index (χ0v) is 15.8. The van der Waals surface area contributed by atoms with E-state index in [9.17, 15) is 9.59 Å². The van der Waals surface area contributed by atoms with Crippen LogP contribution in [-0.2, 0) is 4.74 Å². The van der Waals surface area contributed by atoms with Crippen molar-refractivity contribution in [2.45, 2.75) is 61.3 Å². The first-order chi connectivity index (χ1) is 12.6. The molecule has 2 bridgehead atoms. The molecule has 2 aliphatic heterocycles. The second-order valence-corrected chi connectivity index (χ2v) is 8.56. The van der Waals surface area contributed by atoms with Gasteiger partial charge in [-0.3, -0.25) is 9.69 Å². The number of pyridine rings is 1. The third kappa shape index (κ3) is 3.11. The Labute approximate surface area is 157 Å². The van der Waals surface area contributed by atoms with E-state index in [4.69, 9.17) is 4.74 Å². The van der Waals surface area contributed by atoms with Crippen LogP contribution < -0.4 is 5.56 Å². The Hall–Kier alpha value is -1.95. The number of thioether (sulfide) groups is 1. The van der Waals surface area contributed by atoms with Crippen molar-refractivity contribution in [2.24, 2.45) is 0 Å². The van der Waals surface area contributed by atoms with Crippen LogP contribution in [0.4, 0.5) is 4.79 Å². The fourth-order valence-corrected chi connectivity index (χ4v) is 5.98. The van der Waals surface area contributed by atoms with Crippen molar-refractivity contribution in [3.05, 3.63) is 40.7 Å². The average Bonchev–Trinajstić information content (AvgIpc) is 2.61. The molecule has 0 spiro atoms. The lowest BCUT2D eigenvalue weighted by molar-refractivity contribution is 0.0107. The van der Waals surface area contributed by atoms with Crippen molar-refractivity contribution >= 4 is 28.8 Å². The molecule has 6 heteroatoms. The molecule has 0 unspecified atom stereocenters. The molecule has 2 aliphatic rings. The number of ether oxygens (including phenoxy) is 1. The summed E-state index contributed by atoms with van der Waals surface area (Å²) in [5.41, 5.74) is 0.749. The minimum atomic E-state index is -0.219. The van der Waals surface area contributed by atoms with Crippen LogP contribution in [0.1, 0.15) is 45.4 Å². The van der Waals surface area contributed by atoms with E-state index in [1.807, 2.05) is 30.0 Å². The number of hydrogen-bond acceptors (Lipinski definition) is 4. The highest BCUT2D eigenvalue weighted by atomic mass is 32.2. The summed E-state index contributed by atoms with van der Waals surface area (Å²) >= 11 is 1.78. The number of carbonyl (C=O) groups excluding carboxylic acids is 1. The fourth-order valence-electron chi connectivity index (χ4n) is 4.40. The van der Waals surface area contributed by atoms with Gasteiger partial charge < -0.3 is 9.72 Å². The molecule has 138 valence electrons. The highest BCUT2D eigenvalue weighted by Gasteiger charge is 2.49. The van der Waals surface area contributed by atoms with E-state index in [2.05, 4.69) is 11.1 Å². The zero-order valence-electron chi connectivity index (χ0n) is 15.0. The summed E-state index contributed by atoms with van der Waals surface area (Å²) in [6, 6.07) is 9.79. The number of nitrogens with one attached hydrogen (secondary N) is 1. The van der Waals surface area contributed by atoms with E-state index < -0.39 is 0 Å². The topological polar surface area (TPSA) is 62.4 Å². The van der Waals surface area contributed by atoms with Gasteiger partial charge in [-0.15, -0.1) is 0 Å². The molecule has 0 saturated carbocycles. The summed E-state index contributed by atoms with van der Waals surface area (Å²) in [6.45, 7) is 2.27. The molecule has 0 aliphatic carbocycles. The fraction of sp³-hybridized carbons (Fsp3) is 0.500. The molecule has 0 radical (unpaired) electrons. The summed E-state index contributed by atoms with van der Waals surface area (Å²) in [5, 5.41) is 1.01. The summed E-state index contributed by atoms with van der Waals surface area (Å²) in [5.74, 6) is 0. The molecule has 2 aromatic rings. The largest absolute Gasteiger partial charge is 0.450 e. The van der Waals surface area contributed by atoms with E-state index in [1.54, 1.807) is 17.8 Å². The summed E-state index contributed by atoms with van der Waals surface area (Å²) in [7, 11) is 0. The van der Waals surface area contributed by atoms with Gasteiger partial charge in [0, 0.05) is 22.5 Å².